The Labute approximate surface area is 199 Å². The summed E-state index contributed by atoms with van der Waals surface area (Å²) < 4.78 is 45.9. The summed E-state index contributed by atoms with van der Waals surface area (Å²) in [6.07, 6.45) is 0.0806. The van der Waals surface area contributed by atoms with Crippen LogP contribution >= 0.6 is 0 Å². The second kappa shape index (κ2) is 11.7. The van der Waals surface area contributed by atoms with Gasteiger partial charge in [0.1, 0.15) is 10.7 Å². The standard InChI is InChI=1S/C24H28FN3O5S/c1-5-27(6-2)34(31,32)22-15-19(8-9-21(22)25)24(30)33-16-23(29)28(11-7-10-26)20-13-17(3)12-18(4)14-20/h8-9,12-15H,5-7,11,16H2,1-4H3. The van der Waals surface area contributed by atoms with Gasteiger partial charge in [-0.1, -0.05) is 19.9 Å². The van der Waals surface area contributed by atoms with Crippen molar-refractivity contribution < 1.29 is 27.1 Å². The first kappa shape index (κ1) is 27.0. The zero-order valence-electron chi connectivity index (χ0n) is 19.7. The number of rotatable bonds is 10. The van der Waals surface area contributed by atoms with Gasteiger partial charge < -0.3 is 9.64 Å². The van der Waals surface area contributed by atoms with E-state index in [0.29, 0.717) is 5.69 Å². The van der Waals surface area contributed by atoms with Crippen LogP contribution in [-0.2, 0) is 19.6 Å². The number of nitrogens with zero attached hydrogens (tertiary/aromatic N) is 3. The Hall–Kier alpha value is -3.29. The molecule has 0 aliphatic carbocycles. The Bertz CT molecular complexity index is 1180. The first-order valence-corrected chi connectivity index (χ1v) is 12.2. The largest absolute Gasteiger partial charge is 0.452 e. The van der Waals surface area contributed by atoms with Gasteiger partial charge in [0, 0.05) is 25.3 Å². The summed E-state index contributed by atoms with van der Waals surface area (Å²) in [6, 6.07) is 10.4. The lowest BCUT2D eigenvalue weighted by atomic mass is 10.1. The van der Waals surface area contributed by atoms with E-state index < -0.39 is 39.2 Å². The molecule has 0 spiro atoms. The minimum absolute atomic E-state index is 0.0806. The number of sulfonamides is 1. The van der Waals surface area contributed by atoms with Crippen molar-refractivity contribution in [1.82, 2.24) is 4.31 Å². The summed E-state index contributed by atoms with van der Waals surface area (Å²) in [6.45, 7) is 6.75. The number of nitriles is 1. The number of anilines is 1. The minimum Gasteiger partial charge on any atom is -0.452 e. The molecule has 0 atom stereocenters. The maximum atomic E-state index is 14.3. The number of amides is 1. The first-order valence-electron chi connectivity index (χ1n) is 10.8. The van der Waals surface area contributed by atoms with E-state index in [0.717, 1.165) is 33.6 Å². The van der Waals surface area contributed by atoms with E-state index in [2.05, 4.69) is 0 Å². The highest BCUT2D eigenvalue weighted by atomic mass is 32.2. The highest BCUT2D eigenvalue weighted by Gasteiger charge is 2.27. The number of hydrogen-bond donors (Lipinski definition) is 0. The molecule has 0 fully saturated rings. The van der Waals surface area contributed by atoms with E-state index in [1.807, 2.05) is 26.0 Å². The maximum Gasteiger partial charge on any atom is 0.338 e. The Balaban J connectivity index is 2.23. The van der Waals surface area contributed by atoms with Gasteiger partial charge in [-0.15, -0.1) is 0 Å². The quantitative estimate of drug-likeness (QED) is 0.472. The molecule has 2 aromatic carbocycles. The monoisotopic (exact) mass is 489 g/mol. The number of benzene rings is 2. The highest BCUT2D eigenvalue weighted by Crippen LogP contribution is 2.22. The lowest BCUT2D eigenvalue weighted by Crippen LogP contribution is -2.35. The van der Waals surface area contributed by atoms with Crippen molar-refractivity contribution in [2.75, 3.05) is 31.1 Å². The summed E-state index contributed by atoms with van der Waals surface area (Å²) >= 11 is 0. The van der Waals surface area contributed by atoms with Crippen LogP contribution in [0.4, 0.5) is 10.1 Å². The molecule has 0 aromatic heterocycles. The van der Waals surface area contributed by atoms with Crippen LogP contribution in [0.15, 0.2) is 41.3 Å². The van der Waals surface area contributed by atoms with Gasteiger partial charge in [-0.3, -0.25) is 4.79 Å². The summed E-state index contributed by atoms with van der Waals surface area (Å²) in [5.74, 6) is -2.51. The number of esters is 1. The van der Waals surface area contributed by atoms with Crippen molar-refractivity contribution in [2.45, 2.75) is 39.0 Å². The molecule has 2 aromatic rings. The average molecular weight is 490 g/mol. The molecule has 0 radical (unpaired) electrons. The molecule has 0 N–H and O–H groups in total. The number of aryl methyl sites for hydroxylation is 2. The van der Waals surface area contributed by atoms with E-state index >= 15 is 0 Å². The molecule has 1 amide bonds. The zero-order valence-corrected chi connectivity index (χ0v) is 20.5. The first-order chi connectivity index (χ1) is 16.0. The lowest BCUT2D eigenvalue weighted by molar-refractivity contribution is -0.121. The molecule has 0 unspecified atom stereocenters. The molecule has 34 heavy (non-hydrogen) atoms. The molecule has 0 bridgehead atoms. The Kier molecular flexibility index (Phi) is 9.29. The molecule has 0 heterocycles. The topological polar surface area (TPSA) is 108 Å². The maximum absolute atomic E-state index is 14.3. The van der Waals surface area contributed by atoms with Crippen LogP contribution in [0.2, 0.25) is 0 Å². The van der Waals surface area contributed by atoms with Crippen LogP contribution in [0.25, 0.3) is 0 Å². The Morgan fingerprint density at radius 3 is 2.24 bits per heavy atom. The van der Waals surface area contributed by atoms with E-state index in [4.69, 9.17) is 10.00 Å². The molecule has 0 aliphatic rings. The molecule has 0 aliphatic heterocycles. The number of hydrogen-bond acceptors (Lipinski definition) is 6. The molecule has 2 rings (SSSR count). The van der Waals surface area contributed by atoms with E-state index in [-0.39, 0.29) is 31.6 Å². The van der Waals surface area contributed by atoms with Crippen molar-refractivity contribution in [3.63, 3.8) is 0 Å². The molecular weight excluding hydrogens is 461 g/mol. The van der Waals surface area contributed by atoms with Crippen LogP contribution in [0.1, 0.15) is 41.8 Å². The third-order valence-electron chi connectivity index (χ3n) is 5.08. The van der Waals surface area contributed by atoms with Gasteiger partial charge in [0.2, 0.25) is 10.0 Å². The SMILES string of the molecule is CCN(CC)S(=O)(=O)c1cc(C(=O)OCC(=O)N(CCC#N)c2cc(C)cc(C)c2)ccc1F. The van der Waals surface area contributed by atoms with Gasteiger partial charge >= 0.3 is 5.97 Å². The third kappa shape index (κ3) is 6.40. The number of carbonyl (C=O) groups excluding carboxylic acids is 2. The number of halogens is 1. The van der Waals surface area contributed by atoms with Crippen LogP contribution in [-0.4, -0.2) is 50.8 Å². The number of ether oxygens (including phenoxy) is 1. The zero-order chi connectivity index (χ0) is 25.5. The molecule has 0 saturated heterocycles. The fraction of sp³-hybridized carbons (Fsp3) is 0.375. The van der Waals surface area contributed by atoms with Crippen molar-refractivity contribution >= 4 is 27.6 Å². The minimum atomic E-state index is -4.14. The van der Waals surface area contributed by atoms with Gasteiger partial charge in [-0.2, -0.15) is 9.57 Å². The molecule has 10 heteroatoms. The van der Waals surface area contributed by atoms with Gasteiger partial charge in [0.25, 0.3) is 5.91 Å². The second-order valence-electron chi connectivity index (χ2n) is 7.61. The van der Waals surface area contributed by atoms with Crippen LogP contribution < -0.4 is 4.90 Å². The van der Waals surface area contributed by atoms with Crippen LogP contribution in [0.3, 0.4) is 0 Å². The van der Waals surface area contributed by atoms with Crippen molar-refractivity contribution in [3.8, 4) is 6.07 Å². The fourth-order valence-corrected chi connectivity index (χ4v) is 5.03. The molecular formula is C24H28FN3O5S. The predicted octanol–water partition coefficient (Wildman–Crippen LogP) is 3.58. The summed E-state index contributed by atoms with van der Waals surface area (Å²) in [5, 5.41) is 8.95. The summed E-state index contributed by atoms with van der Waals surface area (Å²) in [5.41, 5.74) is 2.23. The predicted molar refractivity (Wildman–Crippen MR) is 125 cm³/mol. The highest BCUT2D eigenvalue weighted by molar-refractivity contribution is 7.89. The van der Waals surface area contributed by atoms with Gasteiger partial charge in [-0.25, -0.2) is 17.6 Å². The van der Waals surface area contributed by atoms with Crippen molar-refractivity contribution in [3.05, 3.63) is 58.9 Å². The van der Waals surface area contributed by atoms with Gasteiger partial charge in [0.05, 0.1) is 18.1 Å². The number of carbonyl (C=O) groups is 2. The van der Waals surface area contributed by atoms with Gasteiger partial charge in [-0.05, 0) is 55.3 Å². The van der Waals surface area contributed by atoms with Crippen LogP contribution in [0, 0.1) is 31.0 Å². The van der Waals surface area contributed by atoms with E-state index in [1.165, 1.54) is 4.90 Å². The fourth-order valence-electron chi connectivity index (χ4n) is 3.49. The van der Waals surface area contributed by atoms with E-state index in [9.17, 15) is 22.4 Å². The van der Waals surface area contributed by atoms with Crippen LogP contribution in [0.5, 0.6) is 0 Å². The van der Waals surface area contributed by atoms with E-state index in [1.54, 1.807) is 26.0 Å². The van der Waals surface area contributed by atoms with Gasteiger partial charge in [0.15, 0.2) is 6.61 Å². The smallest absolute Gasteiger partial charge is 0.338 e. The summed E-state index contributed by atoms with van der Waals surface area (Å²) in [4.78, 5) is 26.1. The third-order valence-corrected chi connectivity index (χ3v) is 7.15. The summed E-state index contributed by atoms with van der Waals surface area (Å²) in [7, 11) is -4.14. The van der Waals surface area contributed by atoms with Crippen molar-refractivity contribution in [2.24, 2.45) is 0 Å². The molecule has 8 nitrogen and oxygen atoms in total. The van der Waals surface area contributed by atoms with Crippen molar-refractivity contribution in [1.29, 1.82) is 5.26 Å². The molecule has 0 saturated carbocycles. The molecule has 182 valence electrons. The normalized spacial score (nSPS) is 11.2. The lowest BCUT2D eigenvalue weighted by Gasteiger charge is -2.23. The average Bonchev–Trinajstić information content (AvgIpc) is 2.77. The second-order valence-corrected chi connectivity index (χ2v) is 9.52. The Morgan fingerprint density at radius 1 is 1.06 bits per heavy atom. The Morgan fingerprint density at radius 2 is 1.68 bits per heavy atom.